The zero-order chi connectivity index (χ0) is 13.5. The van der Waals surface area contributed by atoms with E-state index in [1.807, 2.05) is 24.3 Å². The van der Waals surface area contributed by atoms with Crippen molar-refractivity contribution in [2.45, 2.75) is 25.7 Å². The van der Waals surface area contributed by atoms with Gasteiger partial charge in [0.2, 0.25) is 0 Å². The molecule has 0 atom stereocenters. The second kappa shape index (κ2) is 7.19. The number of halogens is 1. The Kier molecular flexibility index (Phi) is 5.27. The van der Waals surface area contributed by atoms with Crippen molar-refractivity contribution >= 4 is 27.5 Å². The number of rotatable bonds is 5. The lowest BCUT2D eigenvalue weighted by atomic mass is 10.1. The number of anilines is 1. The fourth-order valence-electron chi connectivity index (χ4n) is 1.93. The van der Waals surface area contributed by atoms with Crippen LogP contribution in [0.4, 0.5) is 5.69 Å². The van der Waals surface area contributed by atoms with Gasteiger partial charge in [-0.3, -0.25) is 10.2 Å². The van der Waals surface area contributed by atoms with Crippen LogP contribution in [0.2, 0.25) is 0 Å². The van der Waals surface area contributed by atoms with Crippen molar-refractivity contribution < 1.29 is 4.79 Å². The Morgan fingerprint density at radius 2 is 2.21 bits per heavy atom. The number of carbonyl (C=O) groups is 1. The summed E-state index contributed by atoms with van der Waals surface area (Å²) in [5.41, 5.74) is 7.72. The van der Waals surface area contributed by atoms with Crippen LogP contribution in [-0.4, -0.2) is 12.5 Å². The molecule has 0 aromatic heterocycles. The lowest BCUT2D eigenvalue weighted by Gasteiger charge is -2.16. The molecule has 1 aliphatic carbocycles. The van der Waals surface area contributed by atoms with Crippen molar-refractivity contribution in [3.05, 3.63) is 40.5 Å². The zero-order valence-electron chi connectivity index (χ0n) is 10.7. The van der Waals surface area contributed by atoms with Gasteiger partial charge in [0, 0.05) is 15.9 Å². The predicted molar refractivity (Wildman–Crippen MR) is 80.5 cm³/mol. The van der Waals surface area contributed by atoms with E-state index in [2.05, 4.69) is 38.2 Å². The summed E-state index contributed by atoms with van der Waals surface area (Å²) >= 11 is 3.39. The topological polar surface area (TPSA) is 53.2 Å². The van der Waals surface area contributed by atoms with E-state index in [-0.39, 0.29) is 12.5 Å². The molecule has 1 aliphatic rings. The number of amides is 1. The smallest absolute Gasteiger partial charge is 0.257 e. The fourth-order valence-corrected chi connectivity index (χ4v) is 2.33. The Hall–Kier alpha value is -1.49. The third-order valence-electron chi connectivity index (χ3n) is 2.93. The van der Waals surface area contributed by atoms with Gasteiger partial charge >= 0.3 is 0 Å². The van der Waals surface area contributed by atoms with Crippen LogP contribution in [0.3, 0.4) is 0 Å². The maximum absolute atomic E-state index is 11.7. The first kappa shape index (κ1) is 13.9. The van der Waals surface area contributed by atoms with Gasteiger partial charge in [0.15, 0.2) is 0 Å². The molecule has 0 saturated carbocycles. The molecule has 0 unspecified atom stereocenters. The van der Waals surface area contributed by atoms with Gasteiger partial charge in [-0.1, -0.05) is 28.1 Å². The van der Waals surface area contributed by atoms with Crippen LogP contribution < -0.4 is 16.2 Å². The maximum Gasteiger partial charge on any atom is 0.257 e. The molecule has 4 nitrogen and oxygen atoms in total. The van der Waals surface area contributed by atoms with Gasteiger partial charge in [0.05, 0.1) is 6.54 Å². The summed E-state index contributed by atoms with van der Waals surface area (Å²) in [5.74, 6) is -0.0774. The molecule has 0 aliphatic heterocycles. The number of carbonyl (C=O) groups excluding carboxylic acids is 1. The van der Waals surface area contributed by atoms with Crippen molar-refractivity contribution in [3.8, 4) is 0 Å². The highest BCUT2D eigenvalue weighted by Crippen LogP contribution is 2.15. The molecule has 0 saturated heterocycles. The third kappa shape index (κ3) is 4.95. The molecule has 1 aromatic carbocycles. The van der Waals surface area contributed by atoms with Crippen LogP contribution in [0.15, 0.2) is 40.5 Å². The van der Waals surface area contributed by atoms with Gasteiger partial charge in [-0.05, 0) is 43.9 Å². The van der Waals surface area contributed by atoms with Gasteiger partial charge in [-0.25, -0.2) is 0 Å². The van der Waals surface area contributed by atoms with Crippen LogP contribution in [0.5, 0.6) is 0 Å². The number of benzene rings is 1. The highest BCUT2D eigenvalue weighted by atomic mass is 79.9. The van der Waals surface area contributed by atoms with E-state index in [0.29, 0.717) is 0 Å². The molecule has 0 fully saturated rings. The SMILES string of the molecule is O=C(CNc1cccc(Br)c1)NNC1=CCCCC1. The zero-order valence-corrected chi connectivity index (χ0v) is 12.3. The normalized spacial score (nSPS) is 14.5. The molecule has 1 aromatic rings. The van der Waals surface area contributed by atoms with Crippen LogP contribution in [0, 0.1) is 0 Å². The summed E-state index contributed by atoms with van der Waals surface area (Å²) in [4.78, 5) is 11.7. The van der Waals surface area contributed by atoms with Crippen molar-refractivity contribution in [1.82, 2.24) is 10.9 Å². The molecule has 0 heterocycles. The largest absolute Gasteiger partial charge is 0.376 e. The highest BCUT2D eigenvalue weighted by Gasteiger charge is 2.05. The summed E-state index contributed by atoms with van der Waals surface area (Å²) < 4.78 is 0.989. The Morgan fingerprint density at radius 3 is 2.95 bits per heavy atom. The van der Waals surface area contributed by atoms with Crippen LogP contribution in [0.25, 0.3) is 0 Å². The molecule has 5 heteroatoms. The van der Waals surface area contributed by atoms with Gasteiger partial charge in [0.1, 0.15) is 0 Å². The summed E-state index contributed by atoms with van der Waals surface area (Å²) in [5, 5.41) is 3.07. The minimum atomic E-state index is -0.0774. The van der Waals surface area contributed by atoms with Crippen LogP contribution in [-0.2, 0) is 4.79 Å². The van der Waals surface area contributed by atoms with Crippen molar-refractivity contribution in [2.75, 3.05) is 11.9 Å². The first-order valence-corrected chi connectivity index (χ1v) is 7.27. The Morgan fingerprint density at radius 1 is 1.32 bits per heavy atom. The van der Waals surface area contributed by atoms with Crippen molar-refractivity contribution in [3.63, 3.8) is 0 Å². The molecular weight excluding hydrogens is 306 g/mol. The number of nitrogens with one attached hydrogen (secondary N) is 3. The molecule has 0 spiro atoms. The second-order valence-electron chi connectivity index (χ2n) is 4.51. The monoisotopic (exact) mass is 323 g/mol. The summed E-state index contributed by atoms with van der Waals surface area (Å²) in [6.07, 6.45) is 6.67. The minimum Gasteiger partial charge on any atom is -0.376 e. The number of allylic oxidation sites excluding steroid dienone is 2. The van der Waals surface area contributed by atoms with E-state index in [0.717, 1.165) is 28.7 Å². The van der Waals surface area contributed by atoms with E-state index < -0.39 is 0 Å². The average Bonchev–Trinajstić information content (AvgIpc) is 2.44. The maximum atomic E-state index is 11.7. The van der Waals surface area contributed by atoms with E-state index in [1.54, 1.807) is 0 Å². The third-order valence-corrected chi connectivity index (χ3v) is 3.42. The number of hydrogen-bond donors (Lipinski definition) is 3. The van der Waals surface area contributed by atoms with Gasteiger partial charge < -0.3 is 10.7 Å². The lowest BCUT2D eigenvalue weighted by molar-refractivity contribution is -0.120. The predicted octanol–water partition coefficient (Wildman–Crippen LogP) is 2.94. The highest BCUT2D eigenvalue weighted by molar-refractivity contribution is 9.10. The number of hydrogen-bond acceptors (Lipinski definition) is 3. The first-order valence-electron chi connectivity index (χ1n) is 6.47. The Balaban J connectivity index is 1.71. The Labute approximate surface area is 121 Å². The molecule has 0 bridgehead atoms. The molecule has 3 N–H and O–H groups in total. The summed E-state index contributed by atoms with van der Waals surface area (Å²) in [7, 11) is 0. The minimum absolute atomic E-state index is 0.0774. The van der Waals surface area contributed by atoms with E-state index >= 15 is 0 Å². The quantitative estimate of drug-likeness (QED) is 0.730. The standard InChI is InChI=1S/C14H18BrN3O/c15-11-5-4-8-13(9-11)16-10-14(19)18-17-12-6-2-1-3-7-12/h4-6,8-9,16-17H,1-3,7,10H2,(H,18,19). The molecule has 102 valence electrons. The van der Waals surface area contributed by atoms with Gasteiger partial charge in [-0.15, -0.1) is 0 Å². The van der Waals surface area contributed by atoms with E-state index in [4.69, 9.17) is 0 Å². The van der Waals surface area contributed by atoms with Crippen molar-refractivity contribution in [1.29, 1.82) is 0 Å². The molecule has 19 heavy (non-hydrogen) atoms. The Bertz CT molecular complexity index is 474. The second-order valence-corrected chi connectivity index (χ2v) is 5.43. The van der Waals surface area contributed by atoms with Gasteiger partial charge in [0.25, 0.3) is 5.91 Å². The molecule has 1 amide bonds. The molecule has 0 radical (unpaired) electrons. The molecular formula is C14H18BrN3O. The van der Waals surface area contributed by atoms with Crippen LogP contribution in [0.1, 0.15) is 25.7 Å². The van der Waals surface area contributed by atoms with Crippen molar-refractivity contribution in [2.24, 2.45) is 0 Å². The van der Waals surface area contributed by atoms with Crippen LogP contribution >= 0.6 is 15.9 Å². The summed E-state index contributed by atoms with van der Waals surface area (Å²) in [6, 6.07) is 7.73. The lowest BCUT2D eigenvalue weighted by Crippen LogP contribution is -2.40. The summed E-state index contributed by atoms with van der Waals surface area (Å²) in [6.45, 7) is 0.247. The average molecular weight is 324 g/mol. The molecule has 2 rings (SSSR count). The van der Waals surface area contributed by atoms with Gasteiger partial charge in [-0.2, -0.15) is 0 Å². The first-order chi connectivity index (χ1) is 9.24. The fraction of sp³-hybridized carbons (Fsp3) is 0.357. The number of hydrazine groups is 1. The van der Waals surface area contributed by atoms with E-state index in [9.17, 15) is 4.79 Å². The van der Waals surface area contributed by atoms with E-state index in [1.165, 1.54) is 12.8 Å².